The number of anilines is 1. The minimum absolute atomic E-state index is 0.0682. The van der Waals surface area contributed by atoms with Crippen molar-refractivity contribution in [3.63, 3.8) is 0 Å². The maximum absolute atomic E-state index is 13.2. The summed E-state index contributed by atoms with van der Waals surface area (Å²) in [5.74, 6) is -0.256. The number of aromatic nitrogens is 2. The molecule has 2 fully saturated rings. The lowest BCUT2D eigenvalue weighted by molar-refractivity contribution is -0.127. The van der Waals surface area contributed by atoms with Gasteiger partial charge in [-0.25, -0.2) is 9.37 Å². The first-order chi connectivity index (χ1) is 12.2. The molecule has 2 aromatic rings. The van der Waals surface area contributed by atoms with Crippen LogP contribution in [0.25, 0.3) is 11.0 Å². The van der Waals surface area contributed by atoms with Crippen LogP contribution in [0, 0.1) is 5.82 Å². The summed E-state index contributed by atoms with van der Waals surface area (Å²) in [4.78, 5) is 21.9. The van der Waals surface area contributed by atoms with Gasteiger partial charge in [0.2, 0.25) is 5.95 Å². The van der Waals surface area contributed by atoms with E-state index >= 15 is 0 Å². The molecule has 0 unspecified atom stereocenters. The van der Waals surface area contributed by atoms with Gasteiger partial charge in [-0.15, -0.1) is 0 Å². The van der Waals surface area contributed by atoms with Crippen molar-refractivity contribution >= 4 is 22.9 Å². The van der Waals surface area contributed by atoms with Gasteiger partial charge in [-0.3, -0.25) is 15.0 Å². The van der Waals surface area contributed by atoms with Gasteiger partial charge in [-0.05, 0) is 31.0 Å². The Hall–Kier alpha value is -2.03. The van der Waals surface area contributed by atoms with Crippen molar-refractivity contribution in [2.24, 2.45) is 0 Å². The summed E-state index contributed by atoms with van der Waals surface area (Å²) >= 11 is 0. The molecule has 2 atom stereocenters. The summed E-state index contributed by atoms with van der Waals surface area (Å²) in [5, 5.41) is 2.73. The second-order valence-electron chi connectivity index (χ2n) is 6.47. The second-order valence-corrected chi connectivity index (χ2v) is 6.47. The summed E-state index contributed by atoms with van der Waals surface area (Å²) < 4.78 is 24.5. The zero-order valence-corrected chi connectivity index (χ0v) is 13.8. The highest BCUT2D eigenvalue weighted by molar-refractivity contribution is 5.94. The molecule has 3 heterocycles. The zero-order valence-electron chi connectivity index (χ0n) is 13.8. The van der Waals surface area contributed by atoms with Crippen LogP contribution < -0.4 is 5.32 Å². The Morgan fingerprint density at radius 3 is 3.04 bits per heavy atom. The predicted octanol–water partition coefficient (Wildman–Crippen LogP) is 1.52. The lowest BCUT2D eigenvalue weighted by atomic mass is 10.2. The Morgan fingerprint density at radius 1 is 1.36 bits per heavy atom. The third-order valence-electron chi connectivity index (χ3n) is 4.65. The summed E-state index contributed by atoms with van der Waals surface area (Å²) in [6.07, 6.45) is 1.14. The molecule has 4 rings (SSSR count). The van der Waals surface area contributed by atoms with E-state index in [9.17, 15) is 9.18 Å². The van der Waals surface area contributed by atoms with Crippen molar-refractivity contribution < 1.29 is 18.7 Å². The highest BCUT2D eigenvalue weighted by atomic mass is 19.1. The van der Waals surface area contributed by atoms with Crippen LogP contribution >= 0.6 is 0 Å². The number of rotatable bonds is 4. The lowest BCUT2D eigenvalue weighted by Gasteiger charge is -2.28. The molecule has 2 aliphatic rings. The molecule has 0 radical (unpaired) electrons. The Balaban J connectivity index is 1.33. The van der Waals surface area contributed by atoms with E-state index in [0.717, 1.165) is 39.3 Å². The number of carbonyl (C=O) groups excluding carboxylic acids is 1. The molecular weight excluding hydrogens is 327 g/mol. The number of hydrogen-bond donors (Lipinski definition) is 2. The molecule has 0 aliphatic carbocycles. The molecule has 2 aliphatic heterocycles. The first kappa shape index (κ1) is 16.4. The van der Waals surface area contributed by atoms with E-state index in [1.165, 1.54) is 12.1 Å². The lowest BCUT2D eigenvalue weighted by Crippen LogP contribution is -2.41. The maximum Gasteiger partial charge on any atom is 0.255 e. The van der Waals surface area contributed by atoms with E-state index in [-0.39, 0.29) is 17.8 Å². The van der Waals surface area contributed by atoms with Crippen LogP contribution in [-0.4, -0.2) is 65.8 Å². The molecule has 25 heavy (non-hydrogen) atoms. The van der Waals surface area contributed by atoms with Crippen molar-refractivity contribution in [3.8, 4) is 0 Å². The summed E-state index contributed by atoms with van der Waals surface area (Å²) in [6.45, 7) is 4.15. The minimum Gasteiger partial charge on any atom is -0.379 e. The van der Waals surface area contributed by atoms with Crippen molar-refractivity contribution in [2.75, 3.05) is 38.2 Å². The van der Waals surface area contributed by atoms with Crippen molar-refractivity contribution in [2.45, 2.75) is 25.0 Å². The van der Waals surface area contributed by atoms with E-state index in [1.807, 2.05) is 0 Å². The van der Waals surface area contributed by atoms with Crippen molar-refractivity contribution in [1.82, 2.24) is 14.9 Å². The zero-order chi connectivity index (χ0) is 17.2. The smallest absolute Gasteiger partial charge is 0.255 e. The highest BCUT2D eigenvalue weighted by Crippen LogP contribution is 2.23. The van der Waals surface area contributed by atoms with Crippen LogP contribution in [0.2, 0.25) is 0 Å². The summed E-state index contributed by atoms with van der Waals surface area (Å²) in [5.41, 5.74) is 1.15. The Kier molecular flexibility index (Phi) is 4.65. The summed E-state index contributed by atoms with van der Waals surface area (Å²) in [6, 6.07) is 4.26. The third-order valence-corrected chi connectivity index (χ3v) is 4.65. The average molecular weight is 348 g/mol. The molecule has 1 amide bonds. The van der Waals surface area contributed by atoms with Crippen LogP contribution in [-0.2, 0) is 14.3 Å². The van der Waals surface area contributed by atoms with Crippen molar-refractivity contribution in [3.05, 3.63) is 24.0 Å². The molecule has 134 valence electrons. The fourth-order valence-corrected chi connectivity index (χ4v) is 3.34. The average Bonchev–Trinajstić information content (AvgIpc) is 3.22. The van der Waals surface area contributed by atoms with Gasteiger partial charge in [0.1, 0.15) is 11.9 Å². The van der Waals surface area contributed by atoms with Gasteiger partial charge in [0.15, 0.2) is 0 Å². The van der Waals surface area contributed by atoms with E-state index < -0.39 is 6.10 Å². The molecule has 1 aromatic heterocycles. The van der Waals surface area contributed by atoms with Gasteiger partial charge in [0, 0.05) is 19.6 Å². The summed E-state index contributed by atoms with van der Waals surface area (Å²) in [7, 11) is 0. The van der Waals surface area contributed by atoms with Crippen LogP contribution in [0.3, 0.4) is 0 Å². The fraction of sp³-hybridized carbons (Fsp3) is 0.529. The SMILES string of the molecule is O=C(Nc1nc2ccc(F)cc2[nH]1)[C@@H]1CC[C@H](CN2CCOCC2)O1. The number of carbonyl (C=O) groups is 1. The van der Waals surface area contributed by atoms with Crippen LogP contribution in [0.4, 0.5) is 10.3 Å². The quantitative estimate of drug-likeness (QED) is 0.876. The standard InChI is InChI=1S/C17H21FN4O3/c18-11-1-3-13-14(9-11)20-17(19-13)21-16(23)15-4-2-12(25-15)10-22-5-7-24-8-6-22/h1,3,9,12,15H,2,4-8,10H2,(H2,19,20,21,23)/t12-,15+/m1/s1. The van der Waals surface area contributed by atoms with E-state index in [4.69, 9.17) is 9.47 Å². The number of aromatic amines is 1. The third kappa shape index (κ3) is 3.81. The molecule has 0 bridgehead atoms. The van der Waals surface area contributed by atoms with Gasteiger partial charge >= 0.3 is 0 Å². The van der Waals surface area contributed by atoms with Gasteiger partial charge in [-0.2, -0.15) is 0 Å². The fourth-order valence-electron chi connectivity index (χ4n) is 3.34. The van der Waals surface area contributed by atoms with Crippen LogP contribution in [0.15, 0.2) is 18.2 Å². The molecule has 1 aromatic carbocycles. The molecule has 0 saturated carbocycles. The van der Waals surface area contributed by atoms with Gasteiger partial charge in [0.25, 0.3) is 5.91 Å². The molecule has 8 heteroatoms. The molecule has 0 spiro atoms. The van der Waals surface area contributed by atoms with Crippen molar-refractivity contribution in [1.29, 1.82) is 0 Å². The number of H-pyrrole nitrogens is 1. The number of fused-ring (bicyclic) bond motifs is 1. The van der Waals surface area contributed by atoms with Gasteiger partial charge in [-0.1, -0.05) is 0 Å². The number of nitrogens with zero attached hydrogens (tertiary/aromatic N) is 2. The van der Waals surface area contributed by atoms with Crippen LogP contribution in [0.1, 0.15) is 12.8 Å². The molecule has 2 saturated heterocycles. The number of halogens is 1. The first-order valence-corrected chi connectivity index (χ1v) is 8.59. The van der Waals surface area contributed by atoms with Gasteiger partial charge < -0.3 is 14.5 Å². The Labute approximate surface area is 144 Å². The number of amides is 1. The largest absolute Gasteiger partial charge is 0.379 e. The minimum atomic E-state index is -0.476. The number of nitrogens with one attached hydrogen (secondary N) is 2. The number of morpholine rings is 1. The number of imidazole rings is 1. The normalized spacial score (nSPS) is 24.7. The molecular formula is C17H21FN4O3. The maximum atomic E-state index is 13.2. The number of hydrogen-bond acceptors (Lipinski definition) is 5. The monoisotopic (exact) mass is 348 g/mol. The first-order valence-electron chi connectivity index (χ1n) is 8.59. The number of benzene rings is 1. The van der Waals surface area contributed by atoms with E-state index in [1.54, 1.807) is 6.07 Å². The Bertz CT molecular complexity index is 759. The van der Waals surface area contributed by atoms with E-state index in [2.05, 4.69) is 20.2 Å². The molecule has 2 N–H and O–H groups in total. The topological polar surface area (TPSA) is 79.5 Å². The molecule has 7 nitrogen and oxygen atoms in total. The van der Waals surface area contributed by atoms with E-state index in [0.29, 0.717) is 23.4 Å². The van der Waals surface area contributed by atoms with Crippen LogP contribution in [0.5, 0.6) is 0 Å². The van der Waals surface area contributed by atoms with Gasteiger partial charge in [0.05, 0.1) is 30.4 Å². The number of ether oxygens (including phenoxy) is 2. The highest BCUT2D eigenvalue weighted by Gasteiger charge is 2.32. The predicted molar refractivity (Wildman–Crippen MR) is 89.8 cm³/mol. The Morgan fingerprint density at radius 2 is 2.20 bits per heavy atom. The second kappa shape index (κ2) is 7.07.